The molecule has 11 heavy (non-hydrogen) atoms. The van der Waals surface area contributed by atoms with Crippen molar-refractivity contribution in [1.82, 2.24) is 0 Å². The van der Waals surface area contributed by atoms with E-state index in [2.05, 4.69) is 15.9 Å². The van der Waals surface area contributed by atoms with Gasteiger partial charge in [-0.25, -0.2) is 0 Å². The SMILES string of the molecule is O=C(O)CC1(CBr)CCCC1. The third-order valence-corrected chi connectivity index (χ3v) is 3.66. The van der Waals surface area contributed by atoms with Gasteiger partial charge in [0.05, 0.1) is 6.42 Å². The summed E-state index contributed by atoms with van der Waals surface area (Å²) in [5, 5.41) is 9.49. The topological polar surface area (TPSA) is 37.3 Å². The van der Waals surface area contributed by atoms with E-state index in [9.17, 15) is 4.79 Å². The minimum absolute atomic E-state index is 0.0752. The van der Waals surface area contributed by atoms with Crippen molar-refractivity contribution < 1.29 is 9.90 Å². The van der Waals surface area contributed by atoms with Crippen LogP contribution in [0.15, 0.2) is 0 Å². The van der Waals surface area contributed by atoms with E-state index in [1.165, 1.54) is 12.8 Å². The van der Waals surface area contributed by atoms with E-state index in [1.807, 2.05) is 0 Å². The van der Waals surface area contributed by atoms with E-state index in [0.29, 0.717) is 6.42 Å². The second-order valence-corrected chi connectivity index (χ2v) is 3.97. The molecule has 1 aliphatic rings. The van der Waals surface area contributed by atoms with Crippen molar-refractivity contribution >= 4 is 21.9 Å². The van der Waals surface area contributed by atoms with Crippen molar-refractivity contribution in [3.8, 4) is 0 Å². The average molecular weight is 221 g/mol. The fourth-order valence-electron chi connectivity index (χ4n) is 1.80. The zero-order chi connectivity index (χ0) is 8.32. The van der Waals surface area contributed by atoms with Crippen LogP contribution < -0.4 is 0 Å². The molecule has 0 unspecified atom stereocenters. The summed E-state index contributed by atoms with van der Waals surface area (Å²) >= 11 is 3.40. The highest BCUT2D eigenvalue weighted by atomic mass is 79.9. The minimum atomic E-state index is -0.661. The summed E-state index contributed by atoms with van der Waals surface area (Å²) in [6.07, 6.45) is 4.87. The number of rotatable bonds is 3. The maximum absolute atomic E-state index is 10.5. The molecule has 0 atom stereocenters. The Morgan fingerprint density at radius 3 is 2.36 bits per heavy atom. The van der Waals surface area contributed by atoms with Crippen LogP contribution >= 0.6 is 15.9 Å². The first kappa shape index (κ1) is 9.04. The lowest BCUT2D eigenvalue weighted by Crippen LogP contribution is -2.22. The van der Waals surface area contributed by atoms with Gasteiger partial charge in [0.25, 0.3) is 0 Å². The van der Waals surface area contributed by atoms with Crippen LogP contribution in [0.5, 0.6) is 0 Å². The first-order valence-corrected chi connectivity index (χ1v) is 5.08. The van der Waals surface area contributed by atoms with Crippen molar-refractivity contribution in [2.75, 3.05) is 5.33 Å². The summed E-state index contributed by atoms with van der Waals surface area (Å²) in [6, 6.07) is 0. The monoisotopic (exact) mass is 220 g/mol. The molecule has 1 rings (SSSR count). The number of aliphatic carboxylic acids is 1. The van der Waals surface area contributed by atoms with Gasteiger partial charge in [-0.05, 0) is 18.3 Å². The molecule has 0 aliphatic heterocycles. The predicted octanol–water partition coefficient (Wildman–Crippen LogP) is 2.42. The number of carbonyl (C=O) groups is 1. The summed E-state index contributed by atoms with van der Waals surface area (Å²) in [4.78, 5) is 10.5. The molecule has 0 spiro atoms. The molecule has 1 fully saturated rings. The maximum Gasteiger partial charge on any atom is 0.303 e. The van der Waals surface area contributed by atoms with Crippen LogP contribution in [0.1, 0.15) is 32.1 Å². The summed E-state index contributed by atoms with van der Waals surface area (Å²) in [7, 11) is 0. The second kappa shape index (κ2) is 3.57. The molecule has 0 aromatic carbocycles. The van der Waals surface area contributed by atoms with Crippen LogP contribution in [-0.4, -0.2) is 16.4 Å². The Hall–Kier alpha value is -0.0500. The van der Waals surface area contributed by atoms with Gasteiger partial charge in [0, 0.05) is 5.33 Å². The van der Waals surface area contributed by atoms with Crippen molar-refractivity contribution in [3.05, 3.63) is 0 Å². The molecular formula is C8H13BrO2. The van der Waals surface area contributed by atoms with Gasteiger partial charge in [-0.3, -0.25) is 4.79 Å². The molecule has 0 bridgehead atoms. The van der Waals surface area contributed by atoms with Crippen LogP contribution in [0.25, 0.3) is 0 Å². The van der Waals surface area contributed by atoms with Gasteiger partial charge in [-0.15, -0.1) is 0 Å². The molecule has 0 aromatic rings. The Bertz CT molecular complexity index is 150. The Morgan fingerprint density at radius 1 is 1.45 bits per heavy atom. The molecule has 0 saturated heterocycles. The smallest absolute Gasteiger partial charge is 0.303 e. The number of carboxylic acid groups (broad SMARTS) is 1. The largest absolute Gasteiger partial charge is 0.481 e. The Labute approximate surface area is 75.1 Å². The molecule has 1 saturated carbocycles. The summed E-state index contributed by atoms with van der Waals surface area (Å²) in [6.45, 7) is 0. The fourth-order valence-corrected chi connectivity index (χ4v) is 2.56. The van der Waals surface area contributed by atoms with Crippen LogP contribution in [0.3, 0.4) is 0 Å². The molecule has 3 heteroatoms. The van der Waals surface area contributed by atoms with Crippen LogP contribution in [-0.2, 0) is 4.79 Å². The fraction of sp³-hybridized carbons (Fsp3) is 0.875. The van der Waals surface area contributed by atoms with Crippen molar-refractivity contribution in [3.63, 3.8) is 0 Å². The quantitative estimate of drug-likeness (QED) is 0.743. The highest BCUT2D eigenvalue weighted by molar-refractivity contribution is 9.09. The third kappa shape index (κ3) is 2.19. The van der Waals surface area contributed by atoms with Crippen molar-refractivity contribution in [2.45, 2.75) is 32.1 Å². The van der Waals surface area contributed by atoms with E-state index < -0.39 is 5.97 Å². The molecule has 0 aromatic heterocycles. The summed E-state index contributed by atoms with van der Waals surface area (Å²) in [5.41, 5.74) is 0.0752. The Morgan fingerprint density at radius 2 is 2.00 bits per heavy atom. The zero-order valence-electron chi connectivity index (χ0n) is 6.48. The van der Waals surface area contributed by atoms with Crippen molar-refractivity contribution in [2.24, 2.45) is 5.41 Å². The molecular weight excluding hydrogens is 208 g/mol. The van der Waals surface area contributed by atoms with Crippen molar-refractivity contribution in [1.29, 1.82) is 0 Å². The maximum atomic E-state index is 10.5. The van der Waals surface area contributed by atoms with Gasteiger partial charge < -0.3 is 5.11 Å². The zero-order valence-corrected chi connectivity index (χ0v) is 8.06. The van der Waals surface area contributed by atoms with Gasteiger partial charge in [-0.1, -0.05) is 28.8 Å². The van der Waals surface area contributed by atoms with Gasteiger partial charge >= 0.3 is 5.97 Å². The number of hydrogen-bond donors (Lipinski definition) is 1. The molecule has 0 radical (unpaired) electrons. The van der Waals surface area contributed by atoms with Crippen LogP contribution in [0.4, 0.5) is 0 Å². The van der Waals surface area contributed by atoms with Gasteiger partial charge in [0.15, 0.2) is 0 Å². The molecule has 0 heterocycles. The third-order valence-electron chi connectivity index (χ3n) is 2.47. The minimum Gasteiger partial charge on any atom is -0.481 e. The van der Waals surface area contributed by atoms with E-state index in [0.717, 1.165) is 18.2 Å². The number of carboxylic acids is 1. The van der Waals surface area contributed by atoms with E-state index >= 15 is 0 Å². The highest BCUT2D eigenvalue weighted by Gasteiger charge is 2.34. The molecule has 0 amide bonds. The lowest BCUT2D eigenvalue weighted by Gasteiger charge is -2.23. The first-order valence-electron chi connectivity index (χ1n) is 3.96. The highest BCUT2D eigenvalue weighted by Crippen LogP contribution is 2.42. The molecule has 1 N–H and O–H groups in total. The average Bonchev–Trinajstić information content (AvgIpc) is 2.36. The lowest BCUT2D eigenvalue weighted by atomic mass is 9.85. The summed E-state index contributed by atoms with van der Waals surface area (Å²) < 4.78 is 0. The Kier molecular flexibility index (Phi) is 2.93. The molecule has 64 valence electrons. The molecule has 1 aliphatic carbocycles. The number of halogens is 1. The van der Waals surface area contributed by atoms with E-state index in [-0.39, 0.29) is 5.41 Å². The number of hydrogen-bond acceptors (Lipinski definition) is 1. The summed E-state index contributed by atoms with van der Waals surface area (Å²) in [5.74, 6) is -0.661. The lowest BCUT2D eigenvalue weighted by molar-refractivity contribution is -0.139. The molecule has 2 nitrogen and oxygen atoms in total. The van der Waals surface area contributed by atoms with E-state index in [4.69, 9.17) is 5.11 Å². The van der Waals surface area contributed by atoms with Gasteiger partial charge in [-0.2, -0.15) is 0 Å². The second-order valence-electron chi connectivity index (χ2n) is 3.41. The normalized spacial score (nSPS) is 21.9. The van der Waals surface area contributed by atoms with E-state index in [1.54, 1.807) is 0 Å². The standard InChI is InChI=1S/C8H13BrO2/c9-6-8(5-7(10)11)3-1-2-4-8/h1-6H2,(H,10,11). The Balaban J connectivity index is 2.52. The van der Waals surface area contributed by atoms with Gasteiger partial charge in [0.2, 0.25) is 0 Å². The first-order chi connectivity index (χ1) is 5.18. The van der Waals surface area contributed by atoms with Crippen LogP contribution in [0.2, 0.25) is 0 Å². The van der Waals surface area contributed by atoms with Gasteiger partial charge in [0.1, 0.15) is 0 Å². The number of alkyl halides is 1. The predicted molar refractivity (Wildman–Crippen MR) is 46.9 cm³/mol. The van der Waals surface area contributed by atoms with Crippen LogP contribution in [0, 0.1) is 5.41 Å².